The maximum atomic E-state index is 12.2. The van der Waals surface area contributed by atoms with E-state index in [1.54, 1.807) is 24.3 Å². The molecule has 1 N–H and O–H groups in total. The summed E-state index contributed by atoms with van der Waals surface area (Å²) in [7, 11) is 0. The van der Waals surface area contributed by atoms with Crippen LogP contribution in [0.2, 0.25) is 5.02 Å². The molecule has 1 atom stereocenters. The second-order valence-corrected chi connectivity index (χ2v) is 5.20. The van der Waals surface area contributed by atoms with Gasteiger partial charge in [-0.25, -0.2) is 0 Å². The molecule has 2 rings (SSSR count). The summed E-state index contributed by atoms with van der Waals surface area (Å²) in [6.07, 6.45) is 1.50. The molecule has 2 aromatic rings. The molecule has 0 heterocycles. The zero-order valence-electron chi connectivity index (χ0n) is 12.1. The van der Waals surface area contributed by atoms with Crippen LogP contribution >= 0.6 is 11.6 Å². The molecule has 0 saturated heterocycles. The lowest BCUT2D eigenvalue weighted by atomic mass is 10.1. The van der Waals surface area contributed by atoms with Crippen LogP contribution in [-0.2, 0) is 4.79 Å². The van der Waals surface area contributed by atoms with Crippen LogP contribution in [0.3, 0.4) is 0 Å². The SMILES string of the molecule is CC(NC(=O)/C(C#N)=C/c1ccccc1Cl)c1ccccc1. The van der Waals surface area contributed by atoms with Crippen molar-refractivity contribution in [2.45, 2.75) is 13.0 Å². The van der Waals surface area contributed by atoms with Crippen LogP contribution in [-0.4, -0.2) is 5.91 Å². The first-order chi connectivity index (χ1) is 10.6. The second-order valence-electron chi connectivity index (χ2n) is 4.80. The lowest BCUT2D eigenvalue weighted by Gasteiger charge is -2.13. The van der Waals surface area contributed by atoms with Crippen LogP contribution in [0.1, 0.15) is 24.1 Å². The Labute approximate surface area is 134 Å². The normalized spacial score (nSPS) is 12.3. The third-order valence-corrected chi connectivity index (χ3v) is 3.56. The number of hydrogen-bond donors (Lipinski definition) is 1. The molecule has 0 spiro atoms. The molecule has 2 aromatic carbocycles. The van der Waals surface area contributed by atoms with Crippen molar-refractivity contribution in [3.8, 4) is 6.07 Å². The van der Waals surface area contributed by atoms with Crippen LogP contribution in [0.25, 0.3) is 6.08 Å². The summed E-state index contributed by atoms with van der Waals surface area (Å²) in [6.45, 7) is 1.87. The fraction of sp³-hybridized carbons (Fsp3) is 0.111. The number of amides is 1. The summed E-state index contributed by atoms with van der Waals surface area (Å²) in [4.78, 5) is 12.2. The lowest BCUT2D eigenvalue weighted by Crippen LogP contribution is -2.27. The Balaban J connectivity index is 2.17. The summed E-state index contributed by atoms with van der Waals surface area (Å²) in [5.41, 5.74) is 1.64. The highest BCUT2D eigenvalue weighted by atomic mass is 35.5. The van der Waals surface area contributed by atoms with Crippen molar-refractivity contribution < 1.29 is 4.79 Å². The molecule has 1 amide bonds. The van der Waals surface area contributed by atoms with Crippen molar-refractivity contribution in [1.29, 1.82) is 5.26 Å². The molecule has 0 aromatic heterocycles. The van der Waals surface area contributed by atoms with Gasteiger partial charge in [-0.1, -0.05) is 60.1 Å². The van der Waals surface area contributed by atoms with Crippen LogP contribution < -0.4 is 5.32 Å². The zero-order chi connectivity index (χ0) is 15.9. The predicted molar refractivity (Wildman–Crippen MR) is 88.0 cm³/mol. The average molecular weight is 311 g/mol. The Hall–Kier alpha value is -2.57. The molecule has 0 aliphatic rings. The third-order valence-electron chi connectivity index (χ3n) is 3.22. The van der Waals surface area contributed by atoms with Crippen molar-refractivity contribution in [3.63, 3.8) is 0 Å². The minimum Gasteiger partial charge on any atom is -0.345 e. The molecule has 0 bridgehead atoms. The molecular formula is C18H15ClN2O. The highest BCUT2D eigenvalue weighted by Gasteiger charge is 2.14. The molecule has 0 aliphatic carbocycles. The average Bonchev–Trinajstić information content (AvgIpc) is 2.54. The van der Waals surface area contributed by atoms with Gasteiger partial charge in [0.15, 0.2) is 0 Å². The van der Waals surface area contributed by atoms with E-state index in [9.17, 15) is 10.1 Å². The second kappa shape index (κ2) is 7.44. The quantitative estimate of drug-likeness (QED) is 0.682. The van der Waals surface area contributed by atoms with Gasteiger partial charge in [-0.15, -0.1) is 0 Å². The molecule has 22 heavy (non-hydrogen) atoms. The predicted octanol–water partition coefficient (Wildman–Crippen LogP) is 4.12. The first-order valence-corrected chi connectivity index (χ1v) is 7.21. The van der Waals surface area contributed by atoms with Gasteiger partial charge in [-0.2, -0.15) is 5.26 Å². The number of nitrogens with zero attached hydrogens (tertiary/aromatic N) is 1. The van der Waals surface area contributed by atoms with Crippen molar-refractivity contribution in [2.24, 2.45) is 0 Å². The fourth-order valence-corrected chi connectivity index (χ4v) is 2.19. The number of halogens is 1. The van der Waals surface area contributed by atoms with E-state index in [1.165, 1.54) is 6.08 Å². The lowest BCUT2D eigenvalue weighted by molar-refractivity contribution is -0.117. The molecule has 110 valence electrons. The number of hydrogen-bond acceptors (Lipinski definition) is 2. The first kappa shape index (κ1) is 15.8. The van der Waals surface area contributed by atoms with Gasteiger partial charge in [0.25, 0.3) is 5.91 Å². The summed E-state index contributed by atoms with van der Waals surface area (Å²) >= 11 is 6.05. The maximum absolute atomic E-state index is 12.2. The Morgan fingerprint density at radius 3 is 2.45 bits per heavy atom. The number of benzene rings is 2. The van der Waals surface area contributed by atoms with Gasteiger partial charge in [-0.05, 0) is 30.2 Å². The van der Waals surface area contributed by atoms with Crippen molar-refractivity contribution in [3.05, 3.63) is 76.3 Å². The van der Waals surface area contributed by atoms with Gasteiger partial charge in [0, 0.05) is 5.02 Å². The Kier molecular flexibility index (Phi) is 5.35. The van der Waals surface area contributed by atoms with Crippen molar-refractivity contribution in [2.75, 3.05) is 0 Å². The highest BCUT2D eigenvalue weighted by molar-refractivity contribution is 6.32. The van der Waals surface area contributed by atoms with Gasteiger partial charge < -0.3 is 5.32 Å². The van der Waals surface area contributed by atoms with E-state index in [0.717, 1.165) is 5.56 Å². The minimum atomic E-state index is -0.418. The summed E-state index contributed by atoms with van der Waals surface area (Å²) in [6, 6.07) is 18.4. The van der Waals surface area contributed by atoms with Crippen LogP contribution in [0.5, 0.6) is 0 Å². The molecule has 0 fully saturated rings. The van der Waals surface area contributed by atoms with Crippen LogP contribution in [0.4, 0.5) is 0 Å². The first-order valence-electron chi connectivity index (χ1n) is 6.84. The van der Waals surface area contributed by atoms with Crippen LogP contribution in [0, 0.1) is 11.3 Å². The van der Waals surface area contributed by atoms with E-state index in [4.69, 9.17) is 11.6 Å². The van der Waals surface area contributed by atoms with E-state index in [-0.39, 0.29) is 11.6 Å². The van der Waals surface area contributed by atoms with E-state index in [1.807, 2.05) is 43.3 Å². The topological polar surface area (TPSA) is 52.9 Å². The molecule has 4 heteroatoms. The number of rotatable bonds is 4. The van der Waals surface area contributed by atoms with Crippen LogP contribution in [0.15, 0.2) is 60.2 Å². The van der Waals surface area contributed by atoms with Gasteiger partial charge in [0.2, 0.25) is 0 Å². The largest absolute Gasteiger partial charge is 0.345 e. The number of nitrogens with one attached hydrogen (secondary N) is 1. The molecule has 0 radical (unpaired) electrons. The van der Waals surface area contributed by atoms with Crippen molar-refractivity contribution in [1.82, 2.24) is 5.32 Å². The standard InChI is InChI=1S/C18H15ClN2O/c1-13(14-7-3-2-4-8-14)21-18(22)16(12-20)11-15-9-5-6-10-17(15)19/h2-11,13H,1H3,(H,21,22)/b16-11+. The minimum absolute atomic E-state index is 0.0240. The summed E-state index contributed by atoms with van der Waals surface area (Å²) < 4.78 is 0. The van der Waals surface area contributed by atoms with Gasteiger partial charge >= 0.3 is 0 Å². The Morgan fingerprint density at radius 2 is 1.82 bits per heavy atom. The van der Waals surface area contributed by atoms with Gasteiger partial charge in [0.05, 0.1) is 6.04 Å². The van der Waals surface area contributed by atoms with E-state index in [2.05, 4.69) is 5.32 Å². The third kappa shape index (κ3) is 3.97. The monoisotopic (exact) mass is 310 g/mol. The highest BCUT2D eigenvalue weighted by Crippen LogP contribution is 2.19. The maximum Gasteiger partial charge on any atom is 0.262 e. The molecular weight excluding hydrogens is 296 g/mol. The van der Waals surface area contributed by atoms with Crippen molar-refractivity contribution >= 4 is 23.6 Å². The van der Waals surface area contributed by atoms with E-state index < -0.39 is 5.91 Å². The zero-order valence-corrected chi connectivity index (χ0v) is 12.8. The van der Waals surface area contributed by atoms with E-state index >= 15 is 0 Å². The van der Waals surface area contributed by atoms with E-state index in [0.29, 0.717) is 10.6 Å². The Bertz CT molecular complexity index is 732. The van der Waals surface area contributed by atoms with Gasteiger partial charge in [0.1, 0.15) is 11.6 Å². The number of carbonyl (C=O) groups excluding carboxylic acids is 1. The molecule has 0 aliphatic heterocycles. The molecule has 3 nitrogen and oxygen atoms in total. The number of carbonyl (C=O) groups is 1. The fourth-order valence-electron chi connectivity index (χ4n) is 2.00. The molecule has 1 unspecified atom stereocenters. The van der Waals surface area contributed by atoms with Gasteiger partial charge in [-0.3, -0.25) is 4.79 Å². The Morgan fingerprint density at radius 1 is 1.18 bits per heavy atom. The number of nitriles is 1. The summed E-state index contributed by atoms with van der Waals surface area (Å²) in [5.74, 6) is -0.418. The summed E-state index contributed by atoms with van der Waals surface area (Å²) in [5, 5.41) is 12.5. The smallest absolute Gasteiger partial charge is 0.262 e. The molecule has 0 saturated carbocycles.